The van der Waals surface area contributed by atoms with Gasteiger partial charge in [0.2, 0.25) is 11.8 Å². The third-order valence-electron chi connectivity index (χ3n) is 10.0. The normalized spacial score (nSPS) is 36.7. The van der Waals surface area contributed by atoms with Crippen molar-refractivity contribution in [3.63, 3.8) is 0 Å². The van der Waals surface area contributed by atoms with E-state index in [-0.39, 0.29) is 50.2 Å². The Balaban J connectivity index is 1.33. The highest BCUT2D eigenvalue weighted by molar-refractivity contribution is 5.96. The number of carboxylic acids is 1. The Hall–Kier alpha value is -2.95. The molecule has 47 heavy (non-hydrogen) atoms. The molecule has 13 nitrogen and oxygen atoms in total. The molecule has 0 aromatic heterocycles. The monoisotopic (exact) mass is 671 g/mol. The fourth-order valence-corrected chi connectivity index (χ4v) is 7.27. The average molecular weight is 672 g/mol. The first-order valence-corrected chi connectivity index (χ1v) is 16.7. The van der Waals surface area contributed by atoms with Gasteiger partial charge in [0.05, 0.1) is 18.1 Å². The topological polar surface area (TPSA) is 164 Å². The Morgan fingerprint density at radius 1 is 1.06 bits per heavy atom. The third kappa shape index (κ3) is 8.38. The zero-order valence-electron chi connectivity index (χ0n) is 27.2. The Bertz CT molecular complexity index is 1220. The molecule has 16 heteroatoms. The van der Waals surface area contributed by atoms with Gasteiger partial charge in [-0.1, -0.05) is 25.0 Å². The molecule has 2 saturated heterocycles. The first kappa shape index (κ1) is 35.4. The van der Waals surface area contributed by atoms with E-state index < -0.39 is 65.2 Å². The molecule has 0 spiro atoms. The lowest BCUT2D eigenvalue weighted by molar-refractivity contribution is -0.184. The average Bonchev–Trinajstić information content (AvgIpc) is 3.31. The number of alkyl carbamates (subject to hydrolysis) is 1. The second-order valence-corrected chi connectivity index (χ2v) is 14.6. The van der Waals surface area contributed by atoms with Gasteiger partial charge in [-0.3, -0.25) is 9.59 Å². The molecule has 3 heterocycles. The van der Waals surface area contributed by atoms with Crippen molar-refractivity contribution in [3.05, 3.63) is 12.2 Å². The standard InChI is InChI=1S/C31H48F3N7O6/c1-29(2,3)47-28(46)35-22-10-8-6-4-5-7-9-20-16-30(20,27(44)45)36-25(42)23-15-21(17-40(23)26(22)43)41-38-24(37-39-41)18-11-13-19(14-12-18)31(32,33)34/h7,9,18-24,37-39H,4-6,8,10-17H2,1-3H3,(H,35,46)(H,36,42)(H,44,45)/b9-7-/t18?,19?,20-,21-,22+,23+,24?,30-/m1/s1. The summed E-state index contributed by atoms with van der Waals surface area (Å²) in [6.45, 7) is 5.22. The van der Waals surface area contributed by atoms with Crippen molar-refractivity contribution < 1.29 is 42.2 Å². The van der Waals surface area contributed by atoms with E-state index in [9.17, 15) is 37.5 Å². The van der Waals surface area contributed by atoms with Crippen LogP contribution in [0, 0.1) is 17.8 Å². The molecule has 0 aromatic carbocycles. The smallest absolute Gasteiger partial charge is 0.408 e. The molecule has 0 radical (unpaired) electrons. The molecule has 6 N–H and O–H groups in total. The number of hydrazine groups is 3. The first-order chi connectivity index (χ1) is 22.1. The first-order valence-electron chi connectivity index (χ1n) is 16.7. The van der Waals surface area contributed by atoms with E-state index in [2.05, 4.69) is 27.0 Å². The number of hydrogen-bond donors (Lipinski definition) is 6. The molecule has 5 aliphatic rings. The van der Waals surface area contributed by atoms with Crippen molar-refractivity contribution in [1.82, 2.24) is 37.0 Å². The fraction of sp³-hybridized carbons (Fsp3) is 0.806. The lowest BCUT2D eigenvalue weighted by Gasteiger charge is -2.33. The number of aliphatic carboxylic acids is 1. The Morgan fingerprint density at radius 2 is 1.79 bits per heavy atom. The van der Waals surface area contributed by atoms with E-state index in [4.69, 9.17) is 4.74 Å². The summed E-state index contributed by atoms with van der Waals surface area (Å²) in [5.74, 6) is -3.95. The summed E-state index contributed by atoms with van der Waals surface area (Å²) in [5.41, 5.74) is 7.15. The van der Waals surface area contributed by atoms with Gasteiger partial charge in [0.1, 0.15) is 23.2 Å². The summed E-state index contributed by atoms with van der Waals surface area (Å²) in [6, 6.07) is -2.47. The van der Waals surface area contributed by atoms with Gasteiger partial charge in [-0.25, -0.2) is 20.4 Å². The maximum atomic E-state index is 14.2. The van der Waals surface area contributed by atoms with Crippen molar-refractivity contribution >= 4 is 23.9 Å². The molecule has 2 aliphatic carbocycles. The van der Waals surface area contributed by atoms with Gasteiger partial charge >= 0.3 is 18.2 Å². The molecule has 0 aromatic rings. The van der Waals surface area contributed by atoms with Crippen molar-refractivity contribution in [2.45, 2.75) is 133 Å². The van der Waals surface area contributed by atoms with Crippen LogP contribution in [0.1, 0.15) is 91.4 Å². The zero-order valence-corrected chi connectivity index (χ0v) is 27.2. The molecule has 0 bridgehead atoms. The Kier molecular flexibility index (Phi) is 10.4. The Morgan fingerprint density at radius 3 is 2.45 bits per heavy atom. The second-order valence-electron chi connectivity index (χ2n) is 14.6. The lowest BCUT2D eigenvalue weighted by atomic mass is 9.80. The number of nitrogens with zero attached hydrogens (tertiary/aromatic N) is 2. The second kappa shape index (κ2) is 13.9. The van der Waals surface area contributed by atoms with Gasteiger partial charge in [0.25, 0.3) is 0 Å². The molecule has 5 rings (SSSR count). The molecule has 3 aliphatic heterocycles. The SMILES string of the molecule is CC(C)(C)OC(=O)N[C@H]1CCCCC/C=C\[C@@H]2C[C@@]2(C(=O)O)NC(=O)[C@@H]2C[C@@H](N3NNC(C4CCC(C(F)(F)F)CC4)N3)CN2C1=O. The minimum Gasteiger partial charge on any atom is -0.479 e. The van der Waals surface area contributed by atoms with E-state index in [0.717, 1.165) is 19.3 Å². The third-order valence-corrected chi connectivity index (χ3v) is 10.0. The van der Waals surface area contributed by atoms with E-state index in [1.807, 2.05) is 12.2 Å². The molecule has 4 fully saturated rings. The molecule has 6 atom stereocenters. The summed E-state index contributed by atoms with van der Waals surface area (Å²) < 4.78 is 45.1. The summed E-state index contributed by atoms with van der Waals surface area (Å²) in [7, 11) is 0. The van der Waals surface area contributed by atoms with E-state index in [1.165, 1.54) is 4.90 Å². The van der Waals surface area contributed by atoms with Gasteiger partial charge in [-0.05, 0) is 84.5 Å². The predicted molar refractivity (Wildman–Crippen MR) is 162 cm³/mol. The lowest BCUT2D eigenvalue weighted by Crippen LogP contribution is -2.56. The largest absolute Gasteiger partial charge is 0.479 e. The highest BCUT2D eigenvalue weighted by atomic mass is 19.4. The van der Waals surface area contributed by atoms with Gasteiger partial charge in [0.15, 0.2) is 0 Å². The number of carboxylic acid groups (broad SMARTS) is 1. The number of nitrogens with one attached hydrogen (secondary N) is 5. The maximum Gasteiger partial charge on any atom is 0.408 e. The number of fused-ring (bicyclic) bond motifs is 2. The van der Waals surface area contributed by atoms with Crippen molar-refractivity contribution in [3.8, 4) is 0 Å². The van der Waals surface area contributed by atoms with Crippen LogP contribution in [-0.2, 0) is 19.1 Å². The number of halogens is 3. The van der Waals surface area contributed by atoms with Gasteiger partial charge < -0.3 is 25.4 Å². The van der Waals surface area contributed by atoms with Crippen LogP contribution in [0.2, 0.25) is 0 Å². The zero-order chi connectivity index (χ0) is 34.1. The summed E-state index contributed by atoms with van der Waals surface area (Å²) in [5, 5.41) is 17.2. The van der Waals surface area contributed by atoms with E-state index >= 15 is 0 Å². The number of hydrogen-bond acceptors (Lipinski definition) is 9. The highest BCUT2D eigenvalue weighted by Crippen LogP contribution is 2.45. The van der Waals surface area contributed by atoms with Crippen LogP contribution >= 0.6 is 0 Å². The van der Waals surface area contributed by atoms with E-state index in [1.54, 1.807) is 25.9 Å². The van der Waals surface area contributed by atoms with Crippen LogP contribution in [0.25, 0.3) is 0 Å². The number of carbonyl (C=O) groups is 4. The number of rotatable bonds is 4. The van der Waals surface area contributed by atoms with E-state index in [0.29, 0.717) is 25.7 Å². The predicted octanol–water partition coefficient (Wildman–Crippen LogP) is 2.85. The molecular weight excluding hydrogens is 623 g/mol. The number of alkyl halides is 3. The number of carbonyl (C=O) groups excluding carboxylic acids is 3. The van der Waals surface area contributed by atoms with Crippen LogP contribution in [-0.4, -0.2) is 87.2 Å². The number of allylic oxidation sites excluding steroid dienone is 1. The van der Waals surface area contributed by atoms with Crippen LogP contribution < -0.4 is 27.0 Å². The maximum absolute atomic E-state index is 14.2. The summed E-state index contributed by atoms with van der Waals surface area (Å²) >= 11 is 0. The number of ether oxygens (including phenoxy) is 1. The molecule has 264 valence electrons. The molecule has 1 unspecified atom stereocenters. The molecule has 3 amide bonds. The Labute approximate surface area is 272 Å². The van der Waals surface area contributed by atoms with Crippen LogP contribution in [0.4, 0.5) is 18.0 Å². The summed E-state index contributed by atoms with van der Waals surface area (Å²) in [6.07, 6.45) is 2.99. The van der Waals surface area contributed by atoms with Gasteiger partial charge in [0, 0.05) is 12.5 Å². The van der Waals surface area contributed by atoms with Crippen molar-refractivity contribution in [1.29, 1.82) is 0 Å². The minimum absolute atomic E-state index is 0.0511. The summed E-state index contributed by atoms with van der Waals surface area (Å²) in [4.78, 5) is 54.6. The molecular formula is C31H48F3N7O6. The highest BCUT2D eigenvalue weighted by Gasteiger charge is 2.61. The quantitative estimate of drug-likeness (QED) is 0.245. The van der Waals surface area contributed by atoms with Crippen molar-refractivity contribution in [2.24, 2.45) is 17.8 Å². The minimum atomic E-state index is -4.20. The van der Waals surface area contributed by atoms with Gasteiger partial charge in [-0.2, -0.15) is 23.8 Å². The van der Waals surface area contributed by atoms with Gasteiger partial charge in [-0.15, -0.1) is 0 Å². The molecule has 2 saturated carbocycles. The number of amides is 3. The van der Waals surface area contributed by atoms with Crippen LogP contribution in [0.3, 0.4) is 0 Å². The fourth-order valence-electron chi connectivity index (χ4n) is 7.27. The van der Waals surface area contributed by atoms with Crippen LogP contribution in [0.5, 0.6) is 0 Å². The van der Waals surface area contributed by atoms with Crippen LogP contribution in [0.15, 0.2) is 12.2 Å². The van der Waals surface area contributed by atoms with Crippen molar-refractivity contribution in [2.75, 3.05) is 6.54 Å².